The van der Waals surface area contributed by atoms with E-state index in [4.69, 9.17) is 0 Å². The highest BCUT2D eigenvalue weighted by molar-refractivity contribution is 5.94. The maximum Gasteiger partial charge on any atom is 0.292 e. The van der Waals surface area contributed by atoms with Crippen molar-refractivity contribution in [2.24, 2.45) is 0 Å². The van der Waals surface area contributed by atoms with Gasteiger partial charge in [0.2, 0.25) is 0 Å². The average molecular weight is 341 g/mol. The van der Waals surface area contributed by atoms with Crippen molar-refractivity contribution in [1.82, 2.24) is 4.90 Å². The molecule has 0 radical (unpaired) electrons. The van der Waals surface area contributed by atoms with Gasteiger partial charge in [-0.25, -0.2) is 0 Å². The van der Waals surface area contributed by atoms with Gasteiger partial charge in [-0.15, -0.1) is 0 Å². The first-order valence-electron chi connectivity index (χ1n) is 8.04. The van der Waals surface area contributed by atoms with Gasteiger partial charge in [-0.3, -0.25) is 14.9 Å². The summed E-state index contributed by atoms with van der Waals surface area (Å²) in [4.78, 5) is 27.1. The summed E-state index contributed by atoms with van der Waals surface area (Å²) >= 11 is 0. The third kappa shape index (κ3) is 3.55. The Labute approximate surface area is 145 Å². The molecule has 1 aliphatic heterocycles. The van der Waals surface area contributed by atoms with Crippen LogP contribution in [0, 0.1) is 17.0 Å². The van der Waals surface area contributed by atoms with Gasteiger partial charge in [0.1, 0.15) is 11.4 Å². The van der Waals surface area contributed by atoms with Crippen LogP contribution in [0.25, 0.3) is 0 Å². The number of benzene rings is 2. The van der Waals surface area contributed by atoms with Crippen LogP contribution in [-0.4, -0.2) is 47.0 Å². The Morgan fingerprint density at radius 1 is 1.08 bits per heavy atom. The summed E-state index contributed by atoms with van der Waals surface area (Å²) in [5, 5.41) is 20.6. The number of hydrogen-bond donors (Lipinski definition) is 1. The highest BCUT2D eigenvalue weighted by atomic mass is 16.6. The molecule has 1 aliphatic rings. The number of piperazine rings is 1. The van der Waals surface area contributed by atoms with E-state index in [1.165, 1.54) is 12.1 Å². The zero-order valence-corrected chi connectivity index (χ0v) is 13.9. The molecule has 0 aromatic heterocycles. The Balaban J connectivity index is 1.71. The van der Waals surface area contributed by atoms with Crippen molar-refractivity contribution >= 4 is 17.3 Å². The summed E-state index contributed by atoms with van der Waals surface area (Å²) in [5.74, 6) is 0.0195. The quantitative estimate of drug-likeness (QED) is 0.685. The van der Waals surface area contributed by atoms with E-state index in [1.54, 1.807) is 29.2 Å². The highest BCUT2D eigenvalue weighted by Gasteiger charge is 2.26. The SMILES string of the molecule is Cc1ccc(N2CCN(C(=O)c3ccc(O)cc3)CC2)c([N+](=O)[O-])c1. The number of phenolic OH excluding ortho intramolecular Hbond substituents is 1. The lowest BCUT2D eigenvalue weighted by Crippen LogP contribution is -2.48. The molecule has 0 saturated carbocycles. The number of amides is 1. The molecule has 1 fully saturated rings. The van der Waals surface area contributed by atoms with E-state index in [0.717, 1.165) is 5.56 Å². The second-order valence-corrected chi connectivity index (χ2v) is 6.08. The molecule has 1 N–H and O–H groups in total. The Morgan fingerprint density at radius 2 is 1.72 bits per heavy atom. The van der Waals surface area contributed by atoms with Crippen LogP contribution < -0.4 is 4.90 Å². The van der Waals surface area contributed by atoms with E-state index in [0.29, 0.717) is 37.4 Å². The highest BCUT2D eigenvalue weighted by Crippen LogP contribution is 2.30. The Kier molecular flexibility index (Phi) is 4.56. The zero-order valence-electron chi connectivity index (χ0n) is 13.9. The van der Waals surface area contributed by atoms with Gasteiger partial charge in [-0.2, -0.15) is 0 Å². The van der Waals surface area contributed by atoms with Gasteiger partial charge in [0.25, 0.3) is 11.6 Å². The van der Waals surface area contributed by atoms with Crippen molar-refractivity contribution in [2.45, 2.75) is 6.92 Å². The molecule has 0 aliphatic carbocycles. The van der Waals surface area contributed by atoms with Gasteiger partial charge in [-0.1, -0.05) is 6.07 Å². The summed E-state index contributed by atoms with van der Waals surface area (Å²) in [6, 6.07) is 11.4. The third-order valence-electron chi connectivity index (χ3n) is 4.35. The van der Waals surface area contributed by atoms with E-state index >= 15 is 0 Å². The van der Waals surface area contributed by atoms with Gasteiger partial charge < -0.3 is 14.9 Å². The predicted octanol–water partition coefficient (Wildman–Crippen LogP) is 2.57. The maximum absolute atomic E-state index is 12.5. The number of phenols is 1. The van der Waals surface area contributed by atoms with Crippen molar-refractivity contribution in [3.05, 3.63) is 63.7 Å². The third-order valence-corrected chi connectivity index (χ3v) is 4.35. The number of hydrogen-bond acceptors (Lipinski definition) is 5. The standard InChI is InChI=1S/C18H19N3O4/c1-13-2-7-16(17(12-13)21(24)25)19-8-10-20(11-9-19)18(23)14-3-5-15(22)6-4-14/h2-7,12,22H,8-11H2,1H3. The molecule has 130 valence electrons. The van der Waals surface area contributed by atoms with E-state index in [9.17, 15) is 20.0 Å². The van der Waals surface area contributed by atoms with Crippen molar-refractivity contribution in [3.8, 4) is 5.75 Å². The van der Waals surface area contributed by atoms with Crippen molar-refractivity contribution < 1.29 is 14.8 Å². The average Bonchev–Trinajstić information content (AvgIpc) is 2.62. The largest absolute Gasteiger partial charge is 0.508 e. The van der Waals surface area contributed by atoms with Crippen LogP contribution >= 0.6 is 0 Å². The first-order chi connectivity index (χ1) is 12.0. The molecule has 1 saturated heterocycles. The molecule has 0 atom stereocenters. The van der Waals surface area contributed by atoms with Crippen molar-refractivity contribution in [3.63, 3.8) is 0 Å². The van der Waals surface area contributed by atoms with Gasteiger partial charge >= 0.3 is 0 Å². The van der Waals surface area contributed by atoms with Crippen LogP contribution in [0.15, 0.2) is 42.5 Å². The molecular weight excluding hydrogens is 322 g/mol. The summed E-state index contributed by atoms with van der Waals surface area (Å²) in [7, 11) is 0. The normalized spacial score (nSPS) is 14.4. The lowest BCUT2D eigenvalue weighted by Gasteiger charge is -2.35. The number of nitro benzene ring substituents is 1. The molecule has 2 aromatic rings. The van der Waals surface area contributed by atoms with E-state index < -0.39 is 0 Å². The molecular formula is C18H19N3O4. The molecule has 7 heteroatoms. The molecule has 1 heterocycles. The molecule has 2 aromatic carbocycles. The predicted molar refractivity (Wildman–Crippen MR) is 94.1 cm³/mol. The molecule has 0 unspecified atom stereocenters. The molecule has 3 rings (SSSR count). The maximum atomic E-state index is 12.5. The number of carbonyl (C=O) groups excluding carboxylic acids is 1. The monoisotopic (exact) mass is 341 g/mol. The first-order valence-corrected chi connectivity index (χ1v) is 8.04. The van der Waals surface area contributed by atoms with Crippen LogP contribution in [0.4, 0.5) is 11.4 Å². The van der Waals surface area contributed by atoms with Crippen molar-refractivity contribution in [1.29, 1.82) is 0 Å². The first kappa shape index (κ1) is 16.8. The van der Waals surface area contributed by atoms with Crippen LogP contribution in [-0.2, 0) is 0 Å². The lowest BCUT2D eigenvalue weighted by molar-refractivity contribution is -0.384. The van der Waals surface area contributed by atoms with E-state index in [2.05, 4.69) is 0 Å². The summed E-state index contributed by atoms with van der Waals surface area (Å²) < 4.78 is 0. The van der Waals surface area contributed by atoms with E-state index in [1.807, 2.05) is 17.9 Å². The Bertz CT molecular complexity index is 796. The number of aromatic hydroxyl groups is 1. The van der Waals surface area contributed by atoms with Crippen LogP contribution in [0.5, 0.6) is 5.75 Å². The number of nitrogens with zero attached hydrogens (tertiary/aromatic N) is 3. The number of anilines is 1. The van der Waals surface area contributed by atoms with Gasteiger partial charge in [0.15, 0.2) is 0 Å². The number of rotatable bonds is 3. The zero-order chi connectivity index (χ0) is 18.0. The second kappa shape index (κ2) is 6.80. The molecule has 1 amide bonds. The summed E-state index contributed by atoms with van der Waals surface area (Å²) in [6.45, 7) is 3.88. The molecule has 25 heavy (non-hydrogen) atoms. The fourth-order valence-electron chi connectivity index (χ4n) is 2.98. The number of aryl methyl sites for hydroxylation is 1. The fraction of sp³-hybridized carbons (Fsp3) is 0.278. The molecule has 0 bridgehead atoms. The van der Waals surface area contributed by atoms with Gasteiger partial charge in [-0.05, 0) is 42.8 Å². The van der Waals surface area contributed by atoms with E-state index in [-0.39, 0.29) is 22.3 Å². The van der Waals surface area contributed by atoms with Gasteiger partial charge in [0.05, 0.1) is 4.92 Å². The summed E-state index contributed by atoms with van der Waals surface area (Å²) in [6.07, 6.45) is 0. The van der Waals surface area contributed by atoms with Crippen LogP contribution in [0.3, 0.4) is 0 Å². The molecule has 0 spiro atoms. The van der Waals surface area contributed by atoms with Crippen molar-refractivity contribution in [2.75, 3.05) is 31.1 Å². The lowest BCUT2D eigenvalue weighted by atomic mass is 10.1. The minimum Gasteiger partial charge on any atom is -0.508 e. The summed E-state index contributed by atoms with van der Waals surface area (Å²) in [5.41, 5.74) is 2.05. The van der Waals surface area contributed by atoms with Crippen LogP contribution in [0.2, 0.25) is 0 Å². The minimum atomic E-state index is -0.365. The minimum absolute atomic E-state index is 0.0957. The smallest absolute Gasteiger partial charge is 0.292 e. The number of nitro groups is 1. The topological polar surface area (TPSA) is 86.9 Å². The molecule has 7 nitrogen and oxygen atoms in total. The fourth-order valence-corrected chi connectivity index (χ4v) is 2.98. The second-order valence-electron chi connectivity index (χ2n) is 6.08. The van der Waals surface area contributed by atoms with Gasteiger partial charge in [0, 0.05) is 37.8 Å². The number of carbonyl (C=O) groups is 1. The Morgan fingerprint density at radius 3 is 2.32 bits per heavy atom. The Hall–Kier alpha value is -3.09. The van der Waals surface area contributed by atoms with Crippen LogP contribution in [0.1, 0.15) is 15.9 Å².